The first-order valence-electron chi connectivity index (χ1n) is 13.4. The summed E-state index contributed by atoms with van der Waals surface area (Å²) < 4.78 is 5.16. The van der Waals surface area contributed by atoms with Gasteiger partial charge in [0.25, 0.3) is 5.91 Å². The summed E-state index contributed by atoms with van der Waals surface area (Å²) in [6.07, 6.45) is 9.80. The Balaban J connectivity index is 0.000000155. The Morgan fingerprint density at radius 2 is 1.57 bits per heavy atom. The number of carbonyl (C=O) groups is 2. The molecule has 0 radical (unpaired) electrons. The number of cyclic esters (lactones) is 1. The van der Waals surface area contributed by atoms with Crippen LogP contribution in [-0.4, -0.2) is 38.8 Å². The Morgan fingerprint density at radius 3 is 2.14 bits per heavy atom. The highest BCUT2D eigenvalue weighted by molar-refractivity contribution is 6.03. The van der Waals surface area contributed by atoms with Gasteiger partial charge in [0.15, 0.2) is 5.72 Å². The van der Waals surface area contributed by atoms with Crippen molar-refractivity contribution >= 4 is 17.6 Å². The van der Waals surface area contributed by atoms with Crippen molar-refractivity contribution in [2.24, 2.45) is 5.73 Å². The maximum atomic E-state index is 12.5. The van der Waals surface area contributed by atoms with E-state index in [1.165, 1.54) is 17.7 Å². The molecule has 0 spiro atoms. The summed E-state index contributed by atoms with van der Waals surface area (Å²) in [5.41, 5.74) is 5.46. The van der Waals surface area contributed by atoms with Crippen LogP contribution >= 0.6 is 0 Å². The number of ether oxygens (including phenoxy) is 1. The molecular weight excluding hydrogens is 468 g/mol. The molecule has 2 aliphatic heterocycles. The zero-order chi connectivity index (χ0) is 26.6. The summed E-state index contributed by atoms with van der Waals surface area (Å²) in [4.78, 5) is 25.1. The largest absolute Gasteiger partial charge is 0.423 e. The van der Waals surface area contributed by atoms with E-state index in [0.29, 0.717) is 47.8 Å². The van der Waals surface area contributed by atoms with Gasteiger partial charge < -0.3 is 20.7 Å². The lowest BCUT2D eigenvalue weighted by molar-refractivity contribution is -0.165. The van der Waals surface area contributed by atoms with Crippen molar-refractivity contribution in [3.8, 4) is 0 Å². The molecule has 0 aromatic heterocycles. The summed E-state index contributed by atoms with van der Waals surface area (Å²) in [7, 11) is 0. The molecule has 0 saturated heterocycles. The highest BCUT2D eigenvalue weighted by Gasteiger charge is 2.61. The second-order valence-corrected chi connectivity index (χ2v) is 10.2. The van der Waals surface area contributed by atoms with Gasteiger partial charge in [0.2, 0.25) is 0 Å². The number of amides is 1. The Kier molecular flexibility index (Phi) is 8.17. The van der Waals surface area contributed by atoms with Crippen LogP contribution in [0.3, 0.4) is 0 Å². The molecule has 6 rings (SSSR count). The number of nitrogens with zero attached hydrogens (tertiary/aromatic N) is 1. The fraction of sp³-hybridized carbons (Fsp3) is 0.467. The maximum Gasteiger partial charge on any atom is 0.344 e. The Hall–Kier alpha value is -3.00. The number of unbranched alkanes of at least 4 members (excludes halogenated alkanes) is 2. The number of carbonyl (C=O) groups excluding carboxylic acids is 2. The molecule has 2 aromatic carbocycles. The first-order chi connectivity index (χ1) is 17.7. The van der Waals surface area contributed by atoms with Gasteiger partial charge in [-0.25, -0.2) is 4.79 Å². The van der Waals surface area contributed by atoms with Crippen LogP contribution in [0, 0.1) is 0 Å². The lowest BCUT2D eigenvalue weighted by Crippen LogP contribution is -2.51. The van der Waals surface area contributed by atoms with Gasteiger partial charge in [-0.05, 0) is 63.2 Å². The van der Waals surface area contributed by atoms with Gasteiger partial charge in [-0.3, -0.25) is 9.69 Å². The smallest absolute Gasteiger partial charge is 0.344 e. The molecule has 7 nitrogen and oxygen atoms in total. The molecule has 2 aromatic rings. The van der Waals surface area contributed by atoms with Crippen molar-refractivity contribution < 1.29 is 24.5 Å². The van der Waals surface area contributed by atoms with Crippen molar-refractivity contribution in [3.63, 3.8) is 0 Å². The van der Waals surface area contributed by atoms with E-state index in [0.717, 1.165) is 31.2 Å². The lowest BCUT2D eigenvalue weighted by Gasteiger charge is -2.38. The molecule has 37 heavy (non-hydrogen) atoms. The van der Waals surface area contributed by atoms with Gasteiger partial charge in [0.1, 0.15) is 11.5 Å². The van der Waals surface area contributed by atoms with Crippen molar-refractivity contribution in [3.05, 3.63) is 76.9 Å². The lowest BCUT2D eigenvalue weighted by atomic mass is 9.96. The van der Waals surface area contributed by atoms with Crippen LogP contribution in [-0.2, 0) is 10.5 Å². The van der Waals surface area contributed by atoms with Gasteiger partial charge in [0, 0.05) is 22.7 Å². The minimum Gasteiger partial charge on any atom is -0.423 e. The van der Waals surface area contributed by atoms with E-state index in [-0.39, 0.29) is 11.9 Å². The standard InChI is InChI=1S/C15H19NO3.C12H12O2.C3H7N/c1-2-3-8-15(19)12-7-5-4-6-11(12)13(17)16(15)14(18)9-10-14;1-2-3-8-11-9-6-4-5-7-10(9)12(13)14-11;4-3-1-2-3/h4-7,18-19H,2-3,8-10H2,1H3;4-8H,2-3H2,1H3;3H,1-2,4H2/b;11-8-;. The summed E-state index contributed by atoms with van der Waals surface area (Å²) in [6, 6.07) is 15.2. The number of nitrogens with two attached hydrogens (primary N) is 1. The topological polar surface area (TPSA) is 113 Å². The van der Waals surface area contributed by atoms with Gasteiger partial charge >= 0.3 is 5.97 Å². The van der Waals surface area contributed by atoms with Gasteiger partial charge in [-0.2, -0.15) is 0 Å². The average molecular weight is 507 g/mol. The first kappa shape index (κ1) is 27.0. The number of allylic oxidation sites excluding steroid dienone is 1. The summed E-state index contributed by atoms with van der Waals surface area (Å²) in [6.45, 7) is 4.14. The number of rotatable bonds is 6. The molecule has 198 valence electrons. The Morgan fingerprint density at radius 1 is 0.973 bits per heavy atom. The molecule has 7 heteroatoms. The van der Waals surface area contributed by atoms with Crippen LogP contribution in [0.15, 0.2) is 54.6 Å². The van der Waals surface area contributed by atoms with Crippen molar-refractivity contribution in [1.82, 2.24) is 4.90 Å². The molecule has 2 fully saturated rings. The van der Waals surface area contributed by atoms with Crippen LogP contribution in [0.25, 0.3) is 5.76 Å². The molecule has 4 aliphatic rings. The average Bonchev–Trinajstić information content (AvgIpc) is 3.81. The molecule has 0 bridgehead atoms. The van der Waals surface area contributed by atoms with E-state index in [1.54, 1.807) is 24.3 Å². The van der Waals surface area contributed by atoms with E-state index in [4.69, 9.17) is 10.5 Å². The van der Waals surface area contributed by atoms with Crippen LogP contribution in [0.5, 0.6) is 0 Å². The molecule has 2 heterocycles. The van der Waals surface area contributed by atoms with Gasteiger partial charge in [-0.15, -0.1) is 0 Å². The van der Waals surface area contributed by atoms with E-state index in [1.807, 2.05) is 37.3 Å². The third kappa shape index (κ3) is 5.79. The van der Waals surface area contributed by atoms with Crippen molar-refractivity contribution in [2.45, 2.75) is 89.1 Å². The predicted octanol–water partition coefficient (Wildman–Crippen LogP) is 5.07. The SMILES string of the molecule is CCC/C=C1\OC(=O)c2ccccc21.CCCCC1(O)c2ccccc2C(=O)N1C1(O)CC1.NC1CC1. The number of hydrogen-bond acceptors (Lipinski definition) is 6. The molecule has 1 amide bonds. The van der Waals surface area contributed by atoms with Crippen molar-refractivity contribution in [1.29, 1.82) is 0 Å². The number of aliphatic hydroxyl groups is 2. The molecule has 2 aliphatic carbocycles. The summed E-state index contributed by atoms with van der Waals surface area (Å²) in [5.74, 6) is 0.226. The van der Waals surface area contributed by atoms with E-state index in [2.05, 4.69) is 6.92 Å². The van der Waals surface area contributed by atoms with Crippen LogP contribution in [0.4, 0.5) is 0 Å². The zero-order valence-corrected chi connectivity index (χ0v) is 21.8. The maximum absolute atomic E-state index is 12.5. The number of hydrogen-bond donors (Lipinski definition) is 3. The van der Waals surface area contributed by atoms with Gasteiger partial charge in [0.05, 0.1) is 5.56 Å². The number of benzene rings is 2. The molecule has 2 saturated carbocycles. The third-order valence-corrected chi connectivity index (χ3v) is 7.01. The van der Waals surface area contributed by atoms with E-state index >= 15 is 0 Å². The highest BCUT2D eigenvalue weighted by atomic mass is 16.5. The number of fused-ring (bicyclic) bond motifs is 2. The van der Waals surface area contributed by atoms with E-state index < -0.39 is 11.4 Å². The quantitative estimate of drug-likeness (QED) is 0.472. The monoisotopic (exact) mass is 506 g/mol. The van der Waals surface area contributed by atoms with Crippen LogP contribution in [0.2, 0.25) is 0 Å². The Labute approximate surface area is 218 Å². The fourth-order valence-electron chi connectivity index (χ4n) is 4.58. The minimum atomic E-state index is -1.35. The Bertz CT molecular complexity index is 1170. The second-order valence-electron chi connectivity index (χ2n) is 10.2. The molecule has 4 N–H and O–H groups in total. The molecular formula is C30H38N2O5. The van der Waals surface area contributed by atoms with Crippen LogP contribution in [0.1, 0.15) is 103 Å². The third-order valence-electron chi connectivity index (χ3n) is 7.01. The first-order valence-corrected chi connectivity index (χ1v) is 13.4. The van der Waals surface area contributed by atoms with Crippen LogP contribution < -0.4 is 5.73 Å². The highest BCUT2D eigenvalue weighted by Crippen LogP contribution is 2.51. The fourth-order valence-corrected chi connectivity index (χ4v) is 4.58. The zero-order valence-electron chi connectivity index (χ0n) is 21.8. The minimum absolute atomic E-state index is 0.233. The summed E-state index contributed by atoms with van der Waals surface area (Å²) in [5, 5.41) is 21.4. The number of esters is 1. The molecule has 1 unspecified atom stereocenters. The second kappa shape index (κ2) is 11.2. The van der Waals surface area contributed by atoms with Gasteiger partial charge in [-0.1, -0.05) is 63.1 Å². The van der Waals surface area contributed by atoms with Crippen molar-refractivity contribution in [2.75, 3.05) is 0 Å². The normalized spacial score (nSPS) is 23.4. The van der Waals surface area contributed by atoms with E-state index in [9.17, 15) is 19.8 Å². The predicted molar refractivity (Wildman–Crippen MR) is 142 cm³/mol. The molecule has 1 atom stereocenters. The summed E-state index contributed by atoms with van der Waals surface area (Å²) >= 11 is 0.